The van der Waals surface area contributed by atoms with Crippen LogP contribution in [-0.2, 0) is 19.7 Å². The van der Waals surface area contributed by atoms with Gasteiger partial charge in [-0.15, -0.1) is 0 Å². The van der Waals surface area contributed by atoms with Crippen LogP contribution in [0.4, 0.5) is 13.2 Å². The third-order valence-corrected chi connectivity index (χ3v) is 7.83. The van der Waals surface area contributed by atoms with Gasteiger partial charge >= 0.3 is 18.1 Å². The van der Waals surface area contributed by atoms with Gasteiger partial charge in [0.2, 0.25) is 0 Å². The Bertz CT molecular complexity index is 1270. The van der Waals surface area contributed by atoms with Crippen LogP contribution in [0.1, 0.15) is 92.6 Å². The van der Waals surface area contributed by atoms with Crippen LogP contribution < -0.4 is 4.74 Å². The van der Waals surface area contributed by atoms with Gasteiger partial charge in [0.1, 0.15) is 11.2 Å². The maximum Gasteiger partial charge on any atom is 0.425 e. The molecule has 0 saturated carbocycles. The standard InChI is InChI=1S/C35H43F3O6/c1-3-4-5-8-15-31(35(36,37)38)44-32(39)29-13-9-10-14-30(29)34(33(40)41)22-20-27(21-23-34)26-16-18-28(19-17-26)43-25-12-7-6-11-24-42-2/h9-10,13-14,16-22,31H,3-8,11-12,15,23-25H2,1-2H3,(H,40,41)/t31?,34-/m0/s1. The van der Waals surface area contributed by atoms with Crippen molar-refractivity contribution in [2.24, 2.45) is 0 Å². The van der Waals surface area contributed by atoms with Crippen molar-refractivity contribution in [3.63, 3.8) is 0 Å². The van der Waals surface area contributed by atoms with Gasteiger partial charge in [-0.25, -0.2) is 4.79 Å². The molecule has 3 rings (SSSR count). The van der Waals surface area contributed by atoms with E-state index in [4.69, 9.17) is 14.2 Å². The number of halogens is 3. The van der Waals surface area contributed by atoms with Crippen molar-refractivity contribution in [1.29, 1.82) is 0 Å². The summed E-state index contributed by atoms with van der Waals surface area (Å²) in [7, 11) is 1.70. The maximum absolute atomic E-state index is 13.7. The Morgan fingerprint density at radius 3 is 2.23 bits per heavy atom. The molecule has 0 saturated heterocycles. The molecule has 9 heteroatoms. The fourth-order valence-corrected chi connectivity index (χ4v) is 5.25. The Kier molecular flexibility index (Phi) is 13.5. The van der Waals surface area contributed by atoms with Gasteiger partial charge in [-0.3, -0.25) is 4.79 Å². The van der Waals surface area contributed by atoms with E-state index in [1.54, 1.807) is 25.3 Å². The highest BCUT2D eigenvalue weighted by Gasteiger charge is 2.45. The molecule has 240 valence electrons. The zero-order chi connectivity index (χ0) is 32.0. The number of methoxy groups -OCH3 is 1. The van der Waals surface area contributed by atoms with Crippen LogP contribution in [0.15, 0.2) is 66.8 Å². The Morgan fingerprint density at radius 1 is 0.932 bits per heavy atom. The minimum atomic E-state index is -4.73. The molecule has 0 heterocycles. The molecule has 0 amide bonds. The van der Waals surface area contributed by atoms with Crippen molar-refractivity contribution in [3.05, 3.63) is 83.4 Å². The lowest BCUT2D eigenvalue weighted by atomic mass is 9.72. The Balaban J connectivity index is 1.71. The Hall–Kier alpha value is -3.59. The second kappa shape index (κ2) is 17.0. The molecule has 0 spiro atoms. The van der Waals surface area contributed by atoms with Gasteiger partial charge in [-0.05, 0) is 73.4 Å². The van der Waals surface area contributed by atoms with Crippen molar-refractivity contribution in [2.45, 2.75) is 88.8 Å². The van der Waals surface area contributed by atoms with Gasteiger partial charge in [0.25, 0.3) is 0 Å². The average molecular weight is 617 g/mol. The highest BCUT2D eigenvalue weighted by Crippen LogP contribution is 2.39. The fourth-order valence-electron chi connectivity index (χ4n) is 5.25. The van der Waals surface area contributed by atoms with Crippen LogP contribution in [0.2, 0.25) is 0 Å². The summed E-state index contributed by atoms with van der Waals surface area (Å²) >= 11 is 0. The van der Waals surface area contributed by atoms with Crippen molar-refractivity contribution in [3.8, 4) is 5.75 Å². The lowest BCUT2D eigenvalue weighted by Gasteiger charge is -2.30. The summed E-state index contributed by atoms with van der Waals surface area (Å²) in [6.07, 6.45) is 4.25. The number of carboxylic acid groups (broad SMARTS) is 1. The second-order valence-corrected chi connectivity index (χ2v) is 11.1. The predicted molar refractivity (Wildman–Crippen MR) is 164 cm³/mol. The van der Waals surface area contributed by atoms with Crippen LogP contribution in [0.3, 0.4) is 0 Å². The number of carboxylic acids is 1. The third kappa shape index (κ3) is 9.71. The minimum Gasteiger partial charge on any atom is -0.494 e. The van der Waals surface area contributed by atoms with E-state index in [1.165, 1.54) is 24.3 Å². The topological polar surface area (TPSA) is 82.1 Å². The molecule has 0 radical (unpaired) electrons. The maximum atomic E-state index is 13.7. The van der Waals surface area contributed by atoms with Crippen LogP contribution in [0.25, 0.3) is 5.57 Å². The number of aliphatic carboxylic acids is 1. The van der Waals surface area contributed by atoms with E-state index >= 15 is 0 Å². The van der Waals surface area contributed by atoms with E-state index in [-0.39, 0.29) is 30.4 Å². The zero-order valence-electron chi connectivity index (χ0n) is 25.5. The molecule has 2 aromatic carbocycles. The van der Waals surface area contributed by atoms with Gasteiger partial charge < -0.3 is 19.3 Å². The molecule has 0 aliphatic heterocycles. The number of benzene rings is 2. The molecule has 0 aromatic heterocycles. The van der Waals surface area contributed by atoms with Gasteiger partial charge in [0.15, 0.2) is 6.10 Å². The normalized spacial score (nSPS) is 17.2. The van der Waals surface area contributed by atoms with Crippen molar-refractivity contribution < 1.29 is 42.1 Å². The molecule has 1 unspecified atom stereocenters. The molecule has 1 aliphatic rings. The highest BCUT2D eigenvalue weighted by atomic mass is 19.4. The number of hydrogen-bond donors (Lipinski definition) is 1. The quantitative estimate of drug-likeness (QED) is 0.133. The summed E-state index contributed by atoms with van der Waals surface area (Å²) < 4.78 is 57.0. The monoisotopic (exact) mass is 616 g/mol. The van der Waals surface area contributed by atoms with Crippen LogP contribution in [-0.4, -0.2) is 49.6 Å². The van der Waals surface area contributed by atoms with E-state index in [1.807, 2.05) is 31.2 Å². The van der Waals surface area contributed by atoms with Gasteiger partial charge in [0, 0.05) is 13.7 Å². The molecule has 6 nitrogen and oxygen atoms in total. The fraction of sp³-hybridized carbons (Fsp3) is 0.486. The Morgan fingerprint density at radius 2 is 1.61 bits per heavy atom. The average Bonchev–Trinajstić information content (AvgIpc) is 3.01. The van der Waals surface area contributed by atoms with E-state index < -0.39 is 29.6 Å². The molecule has 2 atom stereocenters. The number of alkyl halides is 3. The van der Waals surface area contributed by atoms with Crippen molar-refractivity contribution >= 4 is 17.5 Å². The Labute approximate surface area is 257 Å². The first-order valence-corrected chi connectivity index (χ1v) is 15.3. The number of unbranched alkanes of at least 4 members (excludes halogenated alkanes) is 6. The van der Waals surface area contributed by atoms with Gasteiger partial charge in [-0.1, -0.05) is 81.2 Å². The molecule has 0 fully saturated rings. The van der Waals surface area contributed by atoms with Crippen LogP contribution >= 0.6 is 0 Å². The molecule has 1 N–H and O–H groups in total. The summed E-state index contributed by atoms with van der Waals surface area (Å²) in [6.45, 7) is 3.33. The summed E-state index contributed by atoms with van der Waals surface area (Å²) in [5, 5.41) is 10.3. The van der Waals surface area contributed by atoms with E-state index in [0.29, 0.717) is 13.0 Å². The molecule has 44 heavy (non-hydrogen) atoms. The van der Waals surface area contributed by atoms with E-state index in [2.05, 4.69) is 0 Å². The highest BCUT2D eigenvalue weighted by molar-refractivity contribution is 5.97. The van der Waals surface area contributed by atoms with E-state index in [9.17, 15) is 27.9 Å². The third-order valence-electron chi connectivity index (χ3n) is 7.83. The summed E-state index contributed by atoms with van der Waals surface area (Å²) in [6, 6.07) is 13.3. The first-order valence-electron chi connectivity index (χ1n) is 15.3. The van der Waals surface area contributed by atoms with Gasteiger partial charge in [-0.2, -0.15) is 13.2 Å². The summed E-state index contributed by atoms with van der Waals surface area (Å²) in [5.41, 5.74) is -0.117. The lowest BCUT2D eigenvalue weighted by Crippen LogP contribution is -2.38. The minimum absolute atomic E-state index is 0.000496. The number of allylic oxidation sites excluding steroid dienone is 3. The smallest absolute Gasteiger partial charge is 0.425 e. The number of rotatable bonds is 18. The first-order chi connectivity index (χ1) is 21.1. The van der Waals surface area contributed by atoms with Crippen molar-refractivity contribution in [2.75, 3.05) is 20.3 Å². The predicted octanol–water partition coefficient (Wildman–Crippen LogP) is 8.70. The SMILES string of the molecule is CCCCCCC(OC(=O)c1ccccc1[C@]1(C(=O)O)C=CC(c2ccc(OCCCCCCOC)cc2)=CC1)C(F)(F)F. The largest absolute Gasteiger partial charge is 0.494 e. The number of carbonyl (C=O) groups excluding carboxylic acids is 1. The van der Waals surface area contributed by atoms with Crippen LogP contribution in [0.5, 0.6) is 5.75 Å². The molecular formula is C35H43F3O6. The molecule has 2 aromatic rings. The number of hydrogen-bond acceptors (Lipinski definition) is 5. The summed E-state index contributed by atoms with van der Waals surface area (Å²) in [4.78, 5) is 25.8. The van der Waals surface area contributed by atoms with E-state index in [0.717, 1.165) is 62.0 Å². The molecule has 0 bridgehead atoms. The van der Waals surface area contributed by atoms with Gasteiger partial charge in [0.05, 0.1) is 12.2 Å². The molecule has 1 aliphatic carbocycles. The van der Waals surface area contributed by atoms with Crippen LogP contribution in [0, 0.1) is 0 Å². The number of carbonyl (C=O) groups is 2. The summed E-state index contributed by atoms with van der Waals surface area (Å²) in [5.74, 6) is -1.67. The zero-order valence-corrected chi connectivity index (χ0v) is 25.5. The number of esters is 1. The number of ether oxygens (including phenoxy) is 3. The van der Waals surface area contributed by atoms with Crippen molar-refractivity contribution in [1.82, 2.24) is 0 Å². The second-order valence-electron chi connectivity index (χ2n) is 11.1. The molecular weight excluding hydrogens is 573 g/mol. The lowest BCUT2D eigenvalue weighted by molar-refractivity contribution is -0.206. The first kappa shape index (κ1) is 34.9.